The molecule has 1 aromatic rings. The van der Waals surface area contributed by atoms with Gasteiger partial charge in [-0.3, -0.25) is 9.69 Å². The lowest BCUT2D eigenvalue weighted by Gasteiger charge is -2.37. The zero-order valence-corrected chi connectivity index (χ0v) is 16.2. The number of hydrogen-bond acceptors (Lipinski definition) is 6. The quantitative estimate of drug-likeness (QED) is 0.731. The highest BCUT2D eigenvalue weighted by atomic mass is 16.5. The summed E-state index contributed by atoms with van der Waals surface area (Å²) in [5.74, 6) is 1.77. The molecule has 0 aromatic heterocycles. The molecule has 2 saturated heterocycles. The number of carbonyl (C=O) groups is 1. The Balaban J connectivity index is 1.57. The van der Waals surface area contributed by atoms with Crippen LogP contribution >= 0.6 is 0 Å². The number of ether oxygens (including phenoxy) is 4. The summed E-state index contributed by atoms with van der Waals surface area (Å²) in [5.41, 5.74) is 0.900. The third-order valence-electron chi connectivity index (χ3n) is 5.34. The zero-order valence-electron chi connectivity index (χ0n) is 16.2. The molecule has 2 aliphatic rings. The van der Waals surface area contributed by atoms with E-state index in [4.69, 9.17) is 18.9 Å². The van der Waals surface area contributed by atoms with Gasteiger partial charge in [-0.2, -0.15) is 0 Å². The van der Waals surface area contributed by atoms with E-state index in [0.717, 1.165) is 51.5 Å². The summed E-state index contributed by atoms with van der Waals surface area (Å²) in [5, 5.41) is 3.12. The fourth-order valence-corrected chi connectivity index (χ4v) is 3.82. The van der Waals surface area contributed by atoms with Crippen molar-refractivity contribution in [2.75, 3.05) is 60.3 Å². The van der Waals surface area contributed by atoms with Crippen LogP contribution in [0.25, 0.3) is 0 Å². The van der Waals surface area contributed by atoms with Crippen LogP contribution in [0.4, 0.5) is 0 Å². The maximum Gasteiger partial charge on any atom is 0.224 e. The minimum Gasteiger partial charge on any atom is -0.493 e. The highest BCUT2D eigenvalue weighted by Crippen LogP contribution is 2.27. The van der Waals surface area contributed by atoms with E-state index in [1.54, 1.807) is 14.2 Å². The Labute approximate surface area is 160 Å². The number of rotatable bonds is 8. The molecule has 2 heterocycles. The molecule has 27 heavy (non-hydrogen) atoms. The molecule has 2 unspecified atom stereocenters. The van der Waals surface area contributed by atoms with Crippen LogP contribution in [0, 0.1) is 5.92 Å². The first kappa shape index (κ1) is 19.9. The van der Waals surface area contributed by atoms with Gasteiger partial charge in [0.05, 0.1) is 40.5 Å². The van der Waals surface area contributed by atoms with Crippen molar-refractivity contribution in [3.63, 3.8) is 0 Å². The van der Waals surface area contributed by atoms with Gasteiger partial charge in [0.2, 0.25) is 5.91 Å². The number of methoxy groups -OCH3 is 2. The van der Waals surface area contributed by atoms with Gasteiger partial charge in [0.1, 0.15) is 0 Å². The first-order valence-electron chi connectivity index (χ1n) is 9.58. The normalized spacial score (nSPS) is 21.6. The number of carbonyl (C=O) groups excluding carboxylic acids is 1. The van der Waals surface area contributed by atoms with Crippen molar-refractivity contribution in [3.05, 3.63) is 23.8 Å². The first-order valence-corrected chi connectivity index (χ1v) is 9.58. The SMILES string of the molecule is COc1ccc(CC(=O)NCC(C2CCOC2)N2CCOCC2)cc1OC. The Morgan fingerprint density at radius 3 is 2.63 bits per heavy atom. The molecule has 0 spiro atoms. The van der Waals surface area contributed by atoms with E-state index < -0.39 is 0 Å². The van der Waals surface area contributed by atoms with Gasteiger partial charge in [-0.25, -0.2) is 0 Å². The van der Waals surface area contributed by atoms with Crippen molar-refractivity contribution in [2.45, 2.75) is 18.9 Å². The molecule has 0 bridgehead atoms. The Morgan fingerprint density at radius 1 is 1.19 bits per heavy atom. The van der Waals surface area contributed by atoms with E-state index >= 15 is 0 Å². The number of nitrogens with one attached hydrogen (secondary N) is 1. The van der Waals surface area contributed by atoms with Crippen molar-refractivity contribution in [1.29, 1.82) is 0 Å². The number of hydrogen-bond donors (Lipinski definition) is 1. The second-order valence-corrected chi connectivity index (χ2v) is 7.01. The molecule has 0 aliphatic carbocycles. The summed E-state index contributed by atoms with van der Waals surface area (Å²) >= 11 is 0. The molecule has 1 amide bonds. The average molecular weight is 378 g/mol. The predicted octanol–water partition coefficient (Wildman–Crippen LogP) is 1.10. The van der Waals surface area contributed by atoms with E-state index in [0.29, 0.717) is 36.4 Å². The standard InChI is InChI=1S/C20H30N2O5/c1-24-18-4-3-15(11-19(18)25-2)12-20(23)21-13-17(16-5-8-27-14-16)22-6-9-26-10-7-22/h3-4,11,16-17H,5-10,12-14H2,1-2H3,(H,21,23). The maximum atomic E-state index is 12.5. The van der Waals surface area contributed by atoms with Gasteiger partial charge in [0.15, 0.2) is 11.5 Å². The third kappa shape index (κ3) is 5.34. The highest BCUT2D eigenvalue weighted by Gasteiger charge is 2.31. The molecular formula is C20H30N2O5. The van der Waals surface area contributed by atoms with E-state index in [-0.39, 0.29) is 5.91 Å². The van der Waals surface area contributed by atoms with Crippen LogP contribution in [0.3, 0.4) is 0 Å². The van der Waals surface area contributed by atoms with E-state index in [9.17, 15) is 4.79 Å². The van der Waals surface area contributed by atoms with Crippen molar-refractivity contribution < 1.29 is 23.7 Å². The number of amides is 1. The van der Waals surface area contributed by atoms with E-state index in [1.165, 1.54) is 0 Å². The molecule has 3 rings (SSSR count). The largest absolute Gasteiger partial charge is 0.493 e. The van der Waals surface area contributed by atoms with Crippen LogP contribution in [-0.4, -0.2) is 77.1 Å². The summed E-state index contributed by atoms with van der Waals surface area (Å²) in [6, 6.07) is 5.87. The fraction of sp³-hybridized carbons (Fsp3) is 0.650. The van der Waals surface area contributed by atoms with Gasteiger partial charge in [0, 0.05) is 38.2 Å². The van der Waals surface area contributed by atoms with Crippen LogP contribution in [0.2, 0.25) is 0 Å². The summed E-state index contributed by atoms with van der Waals surface area (Å²) in [6.07, 6.45) is 1.37. The summed E-state index contributed by atoms with van der Waals surface area (Å²) in [4.78, 5) is 14.9. The minimum atomic E-state index is 0.0133. The Morgan fingerprint density at radius 2 is 1.96 bits per heavy atom. The molecule has 7 heteroatoms. The molecule has 0 saturated carbocycles. The van der Waals surface area contributed by atoms with Crippen molar-refractivity contribution in [1.82, 2.24) is 10.2 Å². The van der Waals surface area contributed by atoms with Crippen molar-refractivity contribution >= 4 is 5.91 Å². The van der Waals surface area contributed by atoms with Crippen LogP contribution in [0.5, 0.6) is 11.5 Å². The van der Waals surface area contributed by atoms with E-state index in [1.807, 2.05) is 18.2 Å². The maximum absolute atomic E-state index is 12.5. The Kier molecular flexibility index (Phi) is 7.32. The summed E-state index contributed by atoms with van der Waals surface area (Å²) < 4.78 is 21.6. The topological polar surface area (TPSA) is 69.3 Å². The molecule has 2 atom stereocenters. The van der Waals surface area contributed by atoms with Gasteiger partial charge in [-0.05, 0) is 24.1 Å². The third-order valence-corrected chi connectivity index (χ3v) is 5.34. The average Bonchev–Trinajstić information content (AvgIpc) is 3.23. The van der Waals surface area contributed by atoms with E-state index in [2.05, 4.69) is 10.2 Å². The Bertz CT molecular complexity index is 612. The van der Waals surface area contributed by atoms with Crippen LogP contribution in [0.1, 0.15) is 12.0 Å². The number of benzene rings is 1. The summed E-state index contributed by atoms with van der Waals surface area (Å²) in [7, 11) is 3.20. The van der Waals surface area contributed by atoms with Crippen LogP contribution < -0.4 is 14.8 Å². The molecule has 0 radical (unpaired) electrons. The molecule has 2 fully saturated rings. The monoisotopic (exact) mass is 378 g/mol. The second-order valence-electron chi connectivity index (χ2n) is 7.01. The number of nitrogens with zero attached hydrogens (tertiary/aromatic N) is 1. The van der Waals surface area contributed by atoms with Gasteiger partial charge >= 0.3 is 0 Å². The Hall–Kier alpha value is -1.83. The fourth-order valence-electron chi connectivity index (χ4n) is 3.82. The predicted molar refractivity (Wildman–Crippen MR) is 101 cm³/mol. The first-order chi connectivity index (χ1) is 13.2. The smallest absolute Gasteiger partial charge is 0.224 e. The lowest BCUT2D eigenvalue weighted by Crippen LogP contribution is -2.52. The van der Waals surface area contributed by atoms with Gasteiger partial charge in [-0.1, -0.05) is 6.07 Å². The molecule has 7 nitrogen and oxygen atoms in total. The van der Waals surface area contributed by atoms with Crippen LogP contribution in [0.15, 0.2) is 18.2 Å². The molecule has 1 aromatic carbocycles. The highest BCUT2D eigenvalue weighted by molar-refractivity contribution is 5.78. The lowest BCUT2D eigenvalue weighted by molar-refractivity contribution is -0.120. The molecule has 1 N–H and O–H groups in total. The zero-order chi connectivity index (χ0) is 19.1. The molecule has 2 aliphatic heterocycles. The second kappa shape index (κ2) is 9.92. The minimum absolute atomic E-state index is 0.0133. The molecular weight excluding hydrogens is 348 g/mol. The van der Waals surface area contributed by atoms with Gasteiger partial charge in [0.25, 0.3) is 0 Å². The summed E-state index contributed by atoms with van der Waals surface area (Å²) in [6.45, 7) is 5.55. The van der Waals surface area contributed by atoms with Crippen molar-refractivity contribution in [2.24, 2.45) is 5.92 Å². The van der Waals surface area contributed by atoms with Gasteiger partial charge < -0.3 is 24.3 Å². The van der Waals surface area contributed by atoms with Crippen LogP contribution in [-0.2, 0) is 20.7 Å². The molecule has 150 valence electrons. The van der Waals surface area contributed by atoms with Gasteiger partial charge in [-0.15, -0.1) is 0 Å². The lowest BCUT2D eigenvalue weighted by atomic mass is 9.96. The number of morpholine rings is 1. The van der Waals surface area contributed by atoms with Crippen molar-refractivity contribution in [3.8, 4) is 11.5 Å².